The summed E-state index contributed by atoms with van der Waals surface area (Å²) in [6.07, 6.45) is 1.60. The van der Waals surface area contributed by atoms with Crippen molar-refractivity contribution in [1.82, 2.24) is 9.55 Å². The van der Waals surface area contributed by atoms with Crippen LogP contribution in [0.5, 0.6) is 5.75 Å². The molecule has 0 saturated heterocycles. The number of imidazole rings is 1. The zero-order valence-electron chi connectivity index (χ0n) is 17.2. The third-order valence-electron chi connectivity index (χ3n) is 5.16. The lowest BCUT2D eigenvalue weighted by Gasteiger charge is -2.10. The van der Waals surface area contributed by atoms with Gasteiger partial charge in [0.15, 0.2) is 0 Å². The Bertz CT molecular complexity index is 1330. The van der Waals surface area contributed by atoms with Crippen LogP contribution in [0.25, 0.3) is 11.0 Å². The number of nitrogens with zero attached hydrogens (tertiary/aromatic N) is 2. The first kappa shape index (κ1) is 21.2. The van der Waals surface area contributed by atoms with Gasteiger partial charge >= 0.3 is 0 Å². The number of fused-ring (bicyclic) bond motifs is 1. The van der Waals surface area contributed by atoms with Gasteiger partial charge in [-0.1, -0.05) is 35.9 Å². The number of aromatic nitrogens is 2. The van der Waals surface area contributed by atoms with Gasteiger partial charge in [0.1, 0.15) is 11.6 Å². The minimum atomic E-state index is -3.75. The van der Waals surface area contributed by atoms with Crippen LogP contribution >= 0.6 is 11.6 Å². The number of hydrogen-bond donors (Lipinski definition) is 1. The third kappa shape index (κ3) is 4.52. The van der Waals surface area contributed by atoms with Crippen LogP contribution in [-0.2, 0) is 29.9 Å². The van der Waals surface area contributed by atoms with E-state index < -0.39 is 10.0 Å². The minimum Gasteiger partial charge on any atom is -0.495 e. The van der Waals surface area contributed by atoms with Crippen molar-refractivity contribution in [3.05, 3.63) is 83.1 Å². The molecule has 31 heavy (non-hydrogen) atoms. The fraction of sp³-hybridized carbons (Fsp3) is 0.174. The van der Waals surface area contributed by atoms with Crippen LogP contribution in [0.15, 0.2) is 71.6 Å². The van der Waals surface area contributed by atoms with Gasteiger partial charge in [0.2, 0.25) is 0 Å². The third-order valence-corrected chi connectivity index (χ3v) is 6.83. The molecule has 4 aromatic rings. The molecule has 4 rings (SSSR count). The summed E-state index contributed by atoms with van der Waals surface area (Å²) in [6.45, 7) is 0. The van der Waals surface area contributed by atoms with Gasteiger partial charge in [0, 0.05) is 19.2 Å². The number of halogens is 1. The lowest BCUT2D eigenvalue weighted by atomic mass is 10.1. The summed E-state index contributed by atoms with van der Waals surface area (Å²) in [5.41, 5.74) is 3.69. The Morgan fingerprint density at radius 3 is 2.45 bits per heavy atom. The summed E-state index contributed by atoms with van der Waals surface area (Å²) in [5.74, 6) is 1.44. The number of anilines is 1. The molecule has 0 fully saturated rings. The van der Waals surface area contributed by atoms with E-state index in [1.807, 2.05) is 37.4 Å². The summed E-state index contributed by atoms with van der Waals surface area (Å²) >= 11 is 6.06. The van der Waals surface area contributed by atoms with E-state index >= 15 is 0 Å². The van der Waals surface area contributed by atoms with Crippen molar-refractivity contribution in [1.29, 1.82) is 0 Å². The van der Waals surface area contributed by atoms with Gasteiger partial charge in [-0.2, -0.15) is 0 Å². The van der Waals surface area contributed by atoms with E-state index in [0.717, 1.165) is 35.3 Å². The number of methoxy groups -OCH3 is 1. The molecule has 0 bridgehead atoms. The van der Waals surface area contributed by atoms with Crippen LogP contribution in [-0.4, -0.2) is 25.1 Å². The molecule has 3 aromatic carbocycles. The first-order valence-corrected chi connectivity index (χ1v) is 11.6. The van der Waals surface area contributed by atoms with E-state index in [1.54, 1.807) is 12.1 Å². The number of para-hydroxylation sites is 2. The van der Waals surface area contributed by atoms with E-state index in [2.05, 4.69) is 15.4 Å². The van der Waals surface area contributed by atoms with Gasteiger partial charge in [-0.3, -0.25) is 4.72 Å². The number of ether oxygens (including phenoxy) is 1. The molecule has 0 aliphatic rings. The number of benzene rings is 3. The van der Waals surface area contributed by atoms with Crippen LogP contribution < -0.4 is 9.46 Å². The van der Waals surface area contributed by atoms with E-state index in [0.29, 0.717) is 11.4 Å². The number of sulfonamides is 1. The van der Waals surface area contributed by atoms with Crippen LogP contribution in [0.4, 0.5) is 5.69 Å². The minimum absolute atomic E-state index is 0.0734. The Hall–Kier alpha value is -3.03. The van der Waals surface area contributed by atoms with Crippen LogP contribution in [0.1, 0.15) is 11.4 Å². The van der Waals surface area contributed by atoms with Gasteiger partial charge in [-0.25, -0.2) is 13.4 Å². The Morgan fingerprint density at radius 2 is 1.77 bits per heavy atom. The molecule has 0 atom stereocenters. The van der Waals surface area contributed by atoms with Crippen molar-refractivity contribution < 1.29 is 13.2 Å². The lowest BCUT2D eigenvalue weighted by Crippen LogP contribution is -2.13. The second-order valence-corrected chi connectivity index (χ2v) is 9.26. The second-order valence-electron chi connectivity index (χ2n) is 7.17. The molecular formula is C23H22ClN3O3S. The molecule has 0 radical (unpaired) electrons. The van der Waals surface area contributed by atoms with Crippen molar-refractivity contribution in [3.8, 4) is 5.75 Å². The summed E-state index contributed by atoms with van der Waals surface area (Å²) in [5, 5.41) is 0.239. The van der Waals surface area contributed by atoms with E-state index in [9.17, 15) is 8.42 Å². The second kappa shape index (κ2) is 8.61. The fourth-order valence-corrected chi connectivity index (χ4v) is 4.85. The molecule has 0 saturated carbocycles. The molecule has 0 aliphatic heterocycles. The van der Waals surface area contributed by atoms with Crippen molar-refractivity contribution in [2.24, 2.45) is 7.05 Å². The molecular weight excluding hydrogens is 434 g/mol. The van der Waals surface area contributed by atoms with Crippen molar-refractivity contribution in [2.45, 2.75) is 17.7 Å². The maximum atomic E-state index is 12.7. The van der Waals surface area contributed by atoms with Gasteiger partial charge in [-0.15, -0.1) is 0 Å². The van der Waals surface area contributed by atoms with Crippen molar-refractivity contribution >= 4 is 38.3 Å². The smallest absolute Gasteiger partial charge is 0.261 e. The van der Waals surface area contributed by atoms with Gasteiger partial charge in [0.05, 0.1) is 28.1 Å². The molecule has 0 amide bonds. The van der Waals surface area contributed by atoms with E-state index in [-0.39, 0.29) is 9.92 Å². The molecule has 6 nitrogen and oxygen atoms in total. The number of aryl methyl sites for hydroxylation is 3. The average Bonchev–Trinajstić information content (AvgIpc) is 3.09. The Morgan fingerprint density at radius 1 is 1.03 bits per heavy atom. The topological polar surface area (TPSA) is 73.2 Å². The summed E-state index contributed by atoms with van der Waals surface area (Å²) in [6, 6.07) is 19.8. The SMILES string of the molecule is COc1ccc(S(=O)(=O)Nc2ccc(CCc3nc4ccccc4n3C)cc2)cc1Cl. The van der Waals surface area contributed by atoms with Crippen LogP contribution in [0, 0.1) is 0 Å². The van der Waals surface area contributed by atoms with Gasteiger partial charge in [-0.05, 0) is 54.4 Å². The monoisotopic (exact) mass is 455 g/mol. The predicted octanol–water partition coefficient (Wildman–Crippen LogP) is 4.82. The lowest BCUT2D eigenvalue weighted by molar-refractivity contribution is 0.414. The number of nitrogens with one attached hydrogen (secondary N) is 1. The standard InChI is InChI=1S/C23H22ClN3O3S/c1-27-21-6-4-3-5-20(21)25-23(27)14-9-16-7-10-17(11-8-16)26-31(28,29)18-12-13-22(30-2)19(24)15-18/h3-8,10-13,15,26H,9,14H2,1-2H3. The number of rotatable bonds is 7. The highest BCUT2D eigenvalue weighted by atomic mass is 35.5. The fourth-order valence-electron chi connectivity index (χ4n) is 3.44. The van der Waals surface area contributed by atoms with Crippen LogP contribution in [0.3, 0.4) is 0 Å². The van der Waals surface area contributed by atoms with E-state index in [1.165, 1.54) is 25.3 Å². The van der Waals surface area contributed by atoms with Crippen LogP contribution in [0.2, 0.25) is 5.02 Å². The average molecular weight is 456 g/mol. The molecule has 0 spiro atoms. The van der Waals surface area contributed by atoms with Crippen molar-refractivity contribution in [2.75, 3.05) is 11.8 Å². The van der Waals surface area contributed by atoms with Gasteiger partial charge < -0.3 is 9.30 Å². The predicted molar refractivity (Wildman–Crippen MR) is 123 cm³/mol. The van der Waals surface area contributed by atoms with Gasteiger partial charge in [0.25, 0.3) is 10.0 Å². The maximum absolute atomic E-state index is 12.7. The quantitative estimate of drug-likeness (QED) is 0.433. The van der Waals surface area contributed by atoms with Crippen molar-refractivity contribution in [3.63, 3.8) is 0 Å². The molecule has 8 heteroatoms. The molecule has 1 N–H and O–H groups in total. The number of hydrogen-bond acceptors (Lipinski definition) is 4. The summed E-state index contributed by atoms with van der Waals surface area (Å²) < 4.78 is 35.1. The molecule has 160 valence electrons. The zero-order chi connectivity index (χ0) is 22.0. The highest BCUT2D eigenvalue weighted by Gasteiger charge is 2.16. The Balaban J connectivity index is 1.44. The molecule has 1 aromatic heterocycles. The summed E-state index contributed by atoms with van der Waals surface area (Å²) in [4.78, 5) is 4.77. The largest absolute Gasteiger partial charge is 0.495 e. The zero-order valence-corrected chi connectivity index (χ0v) is 18.7. The molecule has 0 aliphatic carbocycles. The van der Waals surface area contributed by atoms with E-state index in [4.69, 9.17) is 21.3 Å². The normalized spacial score (nSPS) is 11.6. The Kier molecular flexibility index (Phi) is 5.89. The highest BCUT2D eigenvalue weighted by Crippen LogP contribution is 2.28. The first-order valence-electron chi connectivity index (χ1n) is 9.73. The highest BCUT2D eigenvalue weighted by molar-refractivity contribution is 7.92. The molecule has 0 unspecified atom stereocenters. The Labute approximate surface area is 186 Å². The first-order chi connectivity index (χ1) is 14.9. The maximum Gasteiger partial charge on any atom is 0.261 e. The molecule has 1 heterocycles. The summed E-state index contributed by atoms with van der Waals surface area (Å²) in [7, 11) is -0.253.